The lowest BCUT2D eigenvalue weighted by atomic mass is 10.1. The molecule has 3 aromatic rings. The molecule has 0 spiro atoms. The third-order valence-electron chi connectivity index (χ3n) is 5.87. The average molecular weight is 463 g/mol. The topological polar surface area (TPSA) is 77.0 Å². The minimum Gasteiger partial charge on any atom is -0.494 e. The molecule has 2 aromatic carbocycles. The van der Waals surface area contributed by atoms with Gasteiger partial charge in [-0.3, -0.25) is 4.79 Å². The second kappa shape index (κ2) is 10.9. The summed E-state index contributed by atoms with van der Waals surface area (Å²) in [6.07, 6.45) is 1.92. The Labute approximate surface area is 200 Å². The number of anilines is 1. The van der Waals surface area contributed by atoms with Crippen LogP contribution in [-0.4, -0.2) is 67.8 Å². The Morgan fingerprint density at radius 1 is 0.912 bits per heavy atom. The van der Waals surface area contributed by atoms with E-state index in [0.717, 1.165) is 41.5 Å². The Bertz CT molecular complexity index is 1110. The summed E-state index contributed by atoms with van der Waals surface area (Å²) in [5, 5.41) is 0. The van der Waals surface area contributed by atoms with E-state index in [4.69, 9.17) is 14.2 Å². The Morgan fingerprint density at radius 3 is 2.32 bits per heavy atom. The van der Waals surface area contributed by atoms with Gasteiger partial charge >= 0.3 is 0 Å². The third-order valence-corrected chi connectivity index (χ3v) is 5.87. The first-order chi connectivity index (χ1) is 16.6. The van der Waals surface area contributed by atoms with Crippen molar-refractivity contribution in [3.63, 3.8) is 0 Å². The van der Waals surface area contributed by atoms with Gasteiger partial charge in [-0.15, -0.1) is 0 Å². The van der Waals surface area contributed by atoms with E-state index < -0.39 is 0 Å². The second-order valence-electron chi connectivity index (χ2n) is 7.95. The summed E-state index contributed by atoms with van der Waals surface area (Å²) < 4.78 is 16.1. The van der Waals surface area contributed by atoms with Crippen LogP contribution in [0.25, 0.3) is 11.3 Å². The van der Waals surface area contributed by atoms with Gasteiger partial charge in [0, 0.05) is 37.8 Å². The lowest BCUT2D eigenvalue weighted by Gasteiger charge is -2.35. The number of ether oxygens (including phenoxy) is 3. The molecule has 0 N–H and O–H groups in total. The summed E-state index contributed by atoms with van der Waals surface area (Å²) in [7, 11) is 3.19. The van der Waals surface area contributed by atoms with Gasteiger partial charge in [-0.25, -0.2) is 9.97 Å². The number of aromatic nitrogens is 2. The molecule has 8 heteroatoms. The van der Waals surface area contributed by atoms with Gasteiger partial charge in [-0.1, -0.05) is 6.07 Å². The molecule has 1 amide bonds. The van der Waals surface area contributed by atoms with Crippen LogP contribution in [0.2, 0.25) is 0 Å². The molecule has 1 aliphatic heterocycles. The van der Waals surface area contributed by atoms with Crippen molar-refractivity contribution < 1.29 is 19.0 Å². The molecule has 1 saturated heterocycles. The lowest BCUT2D eigenvalue weighted by molar-refractivity contribution is -0.130. The Morgan fingerprint density at radius 2 is 1.65 bits per heavy atom. The maximum Gasteiger partial charge on any atom is 0.227 e. The molecule has 1 aliphatic rings. The molecule has 4 rings (SSSR count). The highest BCUT2D eigenvalue weighted by Crippen LogP contribution is 2.28. The van der Waals surface area contributed by atoms with Gasteiger partial charge in [0.2, 0.25) is 5.91 Å². The molecule has 1 aromatic heterocycles. The molecule has 0 saturated carbocycles. The molecule has 0 unspecified atom stereocenters. The zero-order valence-electron chi connectivity index (χ0n) is 19.9. The van der Waals surface area contributed by atoms with E-state index in [1.165, 1.54) is 0 Å². The molecule has 1 fully saturated rings. The number of methoxy groups -OCH3 is 2. The van der Waals surface area contributed by atoms with E-state index in [1.54, 1.807) is 20.5 Å². The largest absolute Gasteiger partial charge is 0.494 e. The highest BCUT2D eigenvalue weighted by molar-refractivity contribution is 5.79. The molecule has 2 heterocycles. The van der Waals surface area contributed by atoms with Gasteiger partial charge < -0.3 is 24.0 Å². The van der Waals surface area contributed by atoms with E-state index in [9.17, 15) is 4.79 Å². The fourth-order valence-electron chi connectivity index (χ4n) is 4.03. The average Bonchev–Trinajstić information content (AvgIpc) is 2.89. The zero-order valence-corrected chi connectivity index (χ0v) is 19.9. The fourth-order valence-corrected chi connectivity index (χ4v) is 4.03. The molecular formula is C26H30N4O4. The minimum atomic E-state index is 0.102. The number of nitrogens with zero attached hydrogens (tertiary/aromatic N) is 4. The minimum absolute atomic E-state index is 0.102. The Kier molecular flexibility index (Phi) is 7.47. The van der Waals surface area contributed by atoms with Crippen molar-refractivity contribution in [3.8, 4) is 28.5 Å². The van der Waals surface area contributed by atoms with Crippen LogP contribution >= 0.6 is 0 Å². The summed E-state index contributed by atoms with van der Waals surface area (Å²) in [5.41, 5.74) is 2.77. The van der Waals surface area contributed by atoms with Crippen molar-refractivity contribution in [2.45, 2.75) is 13.3 Å². The van der Waals surface area contributed by atoms with E-state index in [0.29, 0.717) is 37.6 Å². The summed E-state index contributed by atoms with van der Waals surface area (Å²) in [5.74, 6) is 3.09. The van der Waals surface area contributed by atoms with Crippen LogP contribution in [-0.2, 0) is 11.2 Å². The fraction of sp³-hybridized carbons (Fsp3) is 0.346. The highest BCUT2D eigenvalue weighted by atomic mass is 16.5. The number of hydrogen-bond acceptors (Lipinski definition) is 7. The summed E-state index contributed by atoms with van der Waals surface area (Å²) in [4.78, 5) is 25.9. The van der Waals surface area contributed by atoms with Crippen molar-refractivity contribution in [3.05, 3.63) is 60.4 Å². The first-order valence-corrected chi connectivity index (χ1v) is 11.4. The normalized spacial score (nSPS) is 13.5. The highest BCUT2D eigenvalue weighted by Gasteiger charge is 2.22. The monoisotopic (exact) mass is 462 g/mol. The van der Waals surface area contributed by atoms with Gasteiger partial charge in [-0.05, 0) is 48.9 Å². The van der Waals surface area contributed by atoms with Gasteiger partial charge in [0.15, 0.2) is 11.5 Å². The van der Waals surface area contributed by atoms with Gasteiger partial charge in [0.05, 0.1) is 32.9 Å². The Hall–Kier alpha value is -3.81. The molecule has 34 heavy (non-hydrogen) atoms. The van der Waals surface area contributed by atoms with Gasteiger partial charge in [0.25, 0.3) is 0 Å². The number of piperazine rings is 1. The molecule has 0 radical (unpaired) electrons. The molecule has 8 nitrogen and oxygen atoms in total. The molecule has 0 aliphatic carbocycles. The van der Waals surface area contributed by atoms with Crippen molar-refractivity contribution in [2.75, 3.05) is 51.9 Å². The van der Waals surface area contributed by atoms with Crippen LogP contribution in [0.15, 0.2) is 54.9 Å². The third kappa shape index (κ3) is 5.39. The van der Waals surface area contributed by atoms with Crippen molar-refractivity contribution in [1.29, 1.82) is 0 Å². The second-order valence-corrected chi connectivity index (χ2v) is 7.95. The van der Waals surface area contributed by atoms with Crippen LogP contribution < -0.4 is 19.1 Å². The van der Waals surface area contributed by atoms with Crippen molar-refractivity contribution >= 4 is 11.7 Å². The SMILES string of the molecule is CCOc1ccc(-c2cc(N3CCN(C(=O)Cc4ccc(OC)c(OC)c4)CC3)ncn2)cc1. The smallest absolute Gasteiger partial charge is 0.227 e. The number of amides is 1. The standard InChI is InChI=1S/C26H30N4O4/c1-4-34-21-8-6-20(7-9-21)22-17-25(28-18-27-22)29-11-13-30(14-12-29)26(31)16-19-5-10-23(32-2)24(15-19)33-3/h5-10,15,17-18H,4,11-14,16H2,1-3H3. The Balaban J connectivity index is 1.36. The quantitative estimate of drug-likeness (QED) is 0.507. The maximum atomic E-state index is 12.9. The predicted molar refractivity (Wildman–Crippen MR) is 131 cm³/mol. The first kappa shape index (κ1) is 23.4. The number of carbonyl (C=O) groups is 1. The molecule has 0 atom stereocenters. The van der Waals surface area contributed by atoms with E-state index in [1.807, 2.05) is 60.4 Å². The van der Waals surface area contributed by atoms with E-state index in [-0.39, 0.29) is 5.91 Å². The summed E-state index contributed by atoms with van der Waals surface area (Å²) in [6, 6.07) is 15.5. The van der Waals surface area contributed by atoms with Crippen LogP contribution in [0.1, 0.15) is 12.5 Å². The molecular weight excluding hydrogens is 432 g/mol. The number of rotatable bonds is 8. The summed E-state index contributed by atoms with van der Waals surface area (Å²) in [6.45, 7) is 5.34. The number of hydrogen-bond donors (Lipinski definition) is 0. The molecule has 178 valence electrons. The lowest BCUT2D eigenvalue weighted by Crippen LogP contribution is -2.49. The predicted octanol–water partition coefficient (Wildman–Crippen LogP) is 3.45. The van der Waals surface area contributed by atoms with Crippen LogP contribution in [0.5, 0.6) is 17.2 Å². The maximum absolute atomic E-state index is 12.9. The van der Waals surface area contributed by atoms with Crippen LogP contribution in [0, 0.1) is 0 Å². The van der Waals surface area contributed by atoms with Crippen LogP contribution in [0.3, 0.4) is 0 Å². The van der Waals surface area contributed by atoms with Crippen LogP contribution in [0.4, 0.5) is 5.82 Å². The number of carbonyl (C=O) groups excluding carboxylic acids is 1. The van der Waals surface area contributed by atoms with Gasteiger partial charge in [0.1, 0.15) is 17.9 Å². The van der Waals surface area contributed by atoms with E-state index in [2.05, 4.69) is 14.9 Å². The summed E-state index contributed by atoms with van der Waals surface area (Å²) >= 11 is 0. The number of benzene rings is 2. The van der Waals surface area contributed by atoms with Gasteiger partial charge in [-0.2, -0.15) is 0 Å². The first-order valence-electron chi connectivity index (χ1n) is 11.4. The van der Waals surface area contributed by atoms with Crippen molar-refractivity contribution in [1.82, 2.24) is 14.9 Å². The van der Waals surface area contributed by atoms with E-state index >= 15 is 0 Å². The zero-order chi connectivity index (χ0) is 23.9. The van der Waals surface area contributed by atoms with Crippen molar-refractivity contribution in [2.24, 2.45) is 0 Å². The molecule has 0 bridgehead atoms.